The van der Waals surface area contributed by atoms with Gasteiger partial charge in [0.25, 0.3) is 5.97 Å². The molecule has 0 saturated carbocycles. The average molecular weight is 584 g/mol. The molecule has 0 spiro atoms. The molecule has 0 aromatic heterocycles. The number of ether oxygens (including phenoxy) is 3. The lowest BCUT2D eigenvalue weighted by molar-refractivity contribution is -0.407. The zero-order valence-electron chi connectivity index (χ0n) is 25.0. The molecular weight excluding hydrogens is 524 g/mol. The lowest BCUT2D eigenvalue weighted by Crippen LogP contribution is -2.47. The Labute approximate surface area is 238 Å². The number of hydrogen-bond donors (Lipinski definition) is 0. The van der Waals surface area contributed by atoms with Crippen LogP contribution in [0, 0.1) is 5.92 Å². The van der Waals surface area contributed by atoms with Crippen LogP contribution in [0.2, 0.25) is 0 Å². The van der Waals surface area contributed by atoms with Gasteiger partial charge in [-0.3, -0.25) is 0 Å². The van der Waals surface area contributed by atoms with Crippen LogP contribution >= 0.6 is 15.9 Å². The summed E-state index contributed by atoms with van der Waals surface area (Å²) >= 11 is 3.84. The molecule has 0 radical (unpaired) electrons. The topological polar surface area (TPSA) is 27.7 Å². The van der Waals surface area contributed by atoms with Gasteiger partial charge in [0, 0.05) is 10.7 Å². The van der Waals surface area contributed by atoms with Crippen LogP contribution in [0.25, 0.3) is 0 Å². The van der Waals surface area contributed by atoms with E-state index in [1.807, 2.05) is 0 Å². The lowest BCUT2D eigenvalue weighted by Gasteiger charge is -2.40. The van der Waals surface area contributed by atoms with Crippen LogP contribution in [-0.4, -0.2) is 25.8 Å². The average Bonchev–Trinajstić information content (AvgIpc) is 2.92. The minimum absolute atomic E-state index is 0.221. The molecule has 0 amide bonds. The highest BCUT2D eigenvalue weighted by Gasteiger charge is 2.42. The van der Waals surface area contributed by atoms with Crippen LogP contribution in [0.3, 0.4) is 0 Å². The zero-order valence-corrected chi connectivity index (χ0v) is 26.6. The number of benzene rings is 1. The maximum Gasteiger partial charge on any atom is 0.285 e. The van der Waals surface area contributed by atoms with Crippen molar-refractivity contribution in [3.05, 3.63) is 35.4 Å². The van der Waals surface area contributed by atoms with E-state index in [1.54, 1.807) is 0 Å². The van der Waals surface area contributed by atoms with Crippen molar-refractivity contribution in [3.63, 3.8) is 0 Å². The summed E-state index contributed by atoms with van der Waals surface area (Å²) in [6.45, 7) is 13.2. The van der Waals surface area contributed by atoms with Gasteiger partial charge in [-0.1, -0.05) is 133 Å². The van der Waals surface area contributed by atoms with Crippen molar-refractivity contribution in [3.8, 4) is 0 Å². The van der Waals surface area contributed by atoms with Gasteiger partial charge < -0.3 is 14.2 Å². The molecule has 216 valence electrons. The van der Waals surface area contributed by atoms with Gasteiger partial charge >= 0.3 is 0 Å². The molecule has 0 bridgehead atoms. The summed E-state index contributed by atoms with van der Waals surface area (Å²) in [5.41, 5.74) is 2.77. The first kappa shape index (κ1) is 34.6. The SMILES string of the molecule is CCCCCCCCC(CCc1cccc(C(Br)CC)c1)C(OCCCC)(OCCCC)OCCCC. The zero-order chi connectivity index (χ0) is 27.2. The Kier molecular flexibility index (Phi) is 21.0. The summed E-state index contributed by atoms with van der Waals surface area (Å²) in [6, 6.07) is 9.09. The van der Waals surface area contributed by atoms with Crippen molar-refractivity contribution in [1.82, 2.24) is 0 Å². The molecule has 3 nitrogen and oxygen atoms in total. The molecule has 1 aromatic carbocycles. The minimum Gasteiger partial charge on any atom is -0.327 e. The third-order valence-corrected chi connectivity index (χ3v) is 8.44. The fourth-order valence-electron chi connectivity index (χ4n) is 4.74. The van der Waals surface area contributed by atoms with Gasteiger partial charge in [-0.2, -0.15) is 0 Å². The number of halogens is 1. The van der Waals surface area contributed by atoms with E-state index in [0.29, 0.717) is 24.6 Å². The van der Waals surface area contributed by atoms with Crippen LogP contribution < -0.4 is 0 Å². The van der Waals surface area contributed by atoms with Crippen LogP contribution in [0.1, 0.15) is 147 Å². The standard InChI is InChI=1S/C33H59BrO3/c1-6-11-15-16-17-18-22-31(24-23-29-20-19-21-30(28-29)32(34)10-5)33(35-25-12-7-2,36-26-13-8-3)37-27-14-9-4/h19-21,28,31-32H,6-18,22-27H2,1-5H3. The molecule has 1 aromatic rings. The number of unbranched alkanes of at least 4 members (excludes halogenated alkanes) is 8. The number of hydrogen-bond acceptors (Lipinski definition) is 3. The van der Waals surface area contributed by atoms with E-state index in [2.05, 4.69) is 74.8 Å². The maximum atomic E-state index is 6.64. The number of alkyl halides is 1. The van der Waals surface area contributed by atoms with Gasteiger partial charge in [-0.25, -0.2) is 0 Å². The Morgan fingerprint density at radius 3 is 1.76 bits per heavy atom. The van der Waals surface area contributed by atoms with E-state index < -0.39 is 5.97 Å². The van der Waals surface area contributed by atoms with Gasteiger partial charge in [-0.15, -0.1) is 0 Å². The van der Waals surface area contributed by atoms with Gasteiger partial charge in [0.1, 0.15) is 0 Å². The number of aryl methyl sites for hydroxylation is 1. The summed E-state index contributed by atoms with van der Waals surface area (Å²) in [4.78, 5) is 0.414. The highest BCUT2D eigenvalue weighted by Crippen LogP contribution is 2.35. The molecule has 0 aliphatic carbocycles. The second-order valence-corrected chi connectivity index (χ2v) is 11.7. The highest BCUT2D eigenvalue weighted by molar-refractivity contribution is 9.09. The Morgan fingerprint density at radius 2 is 1.22 bits per heavy atom. The van der Waals surface area contributed by atoms with E-state index >= 15 is 0 Å². The molecule has 2 atom stereocenters. The van der Waals surface area contributed by atoms with Crippen molar-refractivity contribution in [1.29, 1.82) is 0 Å². The maximum absolute atomic E-state index is 6.64. The Hall–Kier alpha value is -0.420. The summed E-state index contributed by atoms with van der Waals surface area (Å²) < 4.78 is 19.9. The fraction of sp³-hybridized carbons (Fsp3) is 0.818. The van der Waals surface area contributed by atoms with E-state index in [-0.39, 0.29) is 5.92 Å². The molecule has 0 saturated heterocycles. The van der Waals surface area contributed by atoms with E-state index in [1.165, 1.54) is 49.7 Å². The summed E-state index contributed by atoms with van der Waals surface area (Å²) in [7, 11) is 0. The van der Waals surface area contributed by atoms with Crippen LogP contribution in [0.4, 0.5) is 0 Å². The molecule has 0 heterocycles. The third-order valence-electron chi connectivity index (χ3n) is 7.26. The fourth-order valence-corrected chi connectivity index (χ4v) is 5.03. The molecule has 1 rings (SSSR count). The Morgan fingerprint density at radius 1 is 0.676 bits per heavy atom. The second kappa shape index (κ2) is 22.4. The number of rotatable bonds is 25. The van der Waals surface area contributed by atoms with Gasteiger partial charge in [-0.05, 0) is 56.1 Å². The van der Waals surface area contributed by atoms with Gasteiger partial charge in [0.2, 0.25) is 0 Å². The predicted molar refractivity (Wildman–Crippen MR) is 164 cm³/mol. The molecule has 4 heteroatoms. The van der Waals surface area contributed by atoms with Crippen molar-refractivity contribution >= 4 is 15.9 Å². The molecule has 0 N–H and O–H groups in total. The minimum atomic E-state index is -0.929. The first-order valence-electron chi connectivity index (χ1n) is 15.7. The highest BCUT2D eigenvalue weighted by atomic mass is 79.9. The second-order valence-electron chi connectivity index (χ2n) is 10.6. The molecule has 0 aliphatic rings. The van der Waals surface area contributed by atoms with Gasteiger partial charge in [0.15, 0.2) is 0 Å². The largest absolute Gasteiger partial charge is 0.327 e. The normalized spacial score (nSPS) is 13.7. The lowest BCUT2D eigenvalue weighted by atomic mass is 9.90. The first-order valence-corrected chi connectivity index (χ1v) is 16.6. The monoisotopic (exact) mass is 582 g/mol. The van der Waals surface area contributed by atoms with Crippen molar-refractivity contribution < 1.29 is 14.2 Å². The molecular formula is C33H59BrO3. The van der Waals surface area contributed by atoms with E-state index in [0.717, 1.165) is 64.2 Å². The summed E-state index contributed by atoms with van der Waals surface area (Å²) in [5, 5.41) is 0. The third kappa shape index (κ3) is 14.5. The van der Waals surface area contributed by atoms with Gasteiger partial charge in [0.05, 0.1) is 19.8 Å². The molecule has 2 unspecified atom stereocenters. The van der Waals surface area contributed by atoms with Crippen LogP contribution in [0.5, 0.6) is 0 Å². The molecule has 0 fully saturated rings. The van der Waals surface area contributed by atoms with Crippen LogP contribution in [-0.2, 0) is 20.6 Å². The first-order chi connectivity index (χ1) is 18.1. The van der Waals surface area contributed by atoms with Crippen molar-refractivity contribution in [2.75, 3.05) is 19.8 Å². The smallest absolute Gasteiger partial charge is 0.285 e. The van der Waals surface area contributed by atoms with Crippen LogP contribution in [0.15, 0.2) is 24.3 Å². The van der Waals surface area contributed by atoms with E-state index in [9.17, 15) is 0 Å². The van der Waals surface area contributed by atoms with E-state index in [4.69, 9.17) is 14.2 Å². The summed E-state index contributed by atoms with van der Waals surface area (Å²) in [6.07, 6.45) is 18.4. The molecule has 37 heavy (non-hydrogen) atoms. The summed E-state index contributed by atoms with van der Waals surface area (Å²) in [5.74, 6) is -0.708. The quantitative estimate of drug-likeness (QED) is 0.0651. The predicted octanol–water partition coefficient (Wildman–Crippen LogP) is 10.9. The Balaban J connectivity index is 3.13. The van der Waals surface area contributed by atoms with Crippen molar-refractivity contribution in [2.24, 2.45) is 5.92 Å². The molecule has 0 aliphatic heterocycles. The Bertz CT molecular complexity index is 624. The van der Waals surface area contributed by atoms with Crippen molar-refractivity contribution in [2.45, 2.75) is 148 Å².